The Balaban J connectivity index is 2.58. The summed E-state index contributed by atoms with van der Waals surface area (Å²) in [4.78, 5) is 0. The van der Waals surface area contributed by atoms with Gasteiger partial charge in [0, 0.05) is 22.3 Å². The van der Waals surface area contributed by atoms with Crippen LogP contribution in [0.25, 0.3) is 0 Å². The molecule has 0 saturated heterocycles. The zero-order chi connectivity index (χ0) is 10.4. The molecule has 0 heterocycles. The molecule has 0 saturated carbocycles. The zero-order valence-corrected chi connectivity index (χ0v) is 9.27. The Hall–Kier alpha value is -0.860. The van der Waals surface area contributed by atoms with Crippen LogP contribution in [-0.2, 0) is 0 Å². The van der Waals surface area contributed by atoms with Gasteiger partial charge in [-0.1, -0.05) is 29.3 Å². The molecule has 0 fully saturated rings. The lowest BCUT2D eigenvalue weighted by Gasteiger charge is -2.06. The number of ether oxygens (including phenoxy) is 1. The van der Waals surface area contributed by atoms with Crippen molar-refractivity contribution in [3.8, 4) is 5.75 Å². The number of nitrogens with one attached hydrogen (secondary N) is 1. The lowest BCUT2D eigenvalue weighted by atomic mass is 10.3. The highest BCUT2D eigenvalue weighted by molar-refractivity contribution is 6.36. The van der Waals surface area contributed by atoms with E-state index < -0.39 is 0 Å². The van der Waals surface area contributed by atoms with Gasteiger partial charge < -0.3 is 10.1 Å². The smallest absolute Gasteiger partial charge is 0.120 e. The van der Waals surface area contributed by atoms with Crippen LogP contribution in [0.3, 0.4) is 0 Å². The van der Waals surface area contributed by atoms with Gasteiger partial charge in [0.2, 0.25) is 0 Å². The molecule has 4 heteroatoms. The van der Waals surface area contributed by atoms with Crippen LogP contribution in [0.15, 0.2) is 34.8 Å². The van der Waals surface area contributed by atoms with Gasteiger partial charge >= 0.3 is 0 Å². The Labute approximate surface area is 93.5 Å². The number of halogens is 2. The van der Waals surface area contributed by atoms with Gasteiger partial charge in [-0.05, 0) is 12.1 Å². The first-order chi connectivity index (χ1) is 6.76. The highest BCUT2D eigenvalue weighted by Crippen LogP contribution is 2.17. The average molecular weight is 232 g/mol. The standard InChI is InChI=1S/C10H11Cl2NO/c1-14-10-4-2-3-9(5-10)13-7-8(12)6-11/h2-6,13H,7H2,1H3/b8-6-. The van der Waals surface area contributed by atoms with Gasteiger partial charge in [0.15, 0.2) is 0 Å². The van der Waals surface area contributed by atoms with E-state index in [-0.39, 0.29) is 0 Å². The fourth-order valence-corrected chi connectivity index (χ4v) is 1.10. The molecule has 0 aromatic heterocycles. The van der Waals surface area contributed by atoms with Gasteiger partial charge in [-0.15, -0.1) is 0 Å². The first kappa shape index (κ1) is 11.2. The van der Waals surface area contributed by atoms with Crippen molar-refractivity contribution < 1.29 is 4.74 Å². The molecule has 2 nitrogen and oxygen atoms in total. The lowest BCUT2D eigenvalue weighted by Crippen LogP contribution is -2.00. The number of hydrogen-bond donors (Lipinski definition) is 1. The Kier molecular flexibility index (Phi) is 4.63. The van der Waals surface area contributed by atoms with Crippen LogP contribution in [0.5, 0.6) is 5.75 Å². The second kappa shape index (κ2) is 5.78. The molecule has 76 valence electrons. The number of hydrogen-bond acceptors (Lipinski definition) is 2. The summed E-state index contributed by atoms with van der Waals surface area (Å²) in [5.74, 6) is 0.806. The van der Waals surface area contributed by atoms with Crippen LogP contribution in [0.4, 0.5) is 5.69 Å². The summed E-state index contributed by atoms with van der Waals surface area (Å²) < 4.78 is 5.07. The largest absolute Gasteiger partial charge is 0.497 e. The third-order valence-corrected chi connectivity index (χ3v) is 2.27. The van der Waals surface area contributed by atoms with Gasteiger partial charge in [-0.25, -0.2) is 0 Å². The third kappa shape index (κ3) is 3.48. The van der Waals surface area contributed by atoms with E-state index in [1.807, 2.05) is 24.3 Å². The van der Waals surface area contributed by atoms with Crippen LogP contribution in [-0.4, -0.2) is 13.7 Å². The van der Waals surface area contributed by atoms with Crippen LogP contribution in [0.1, 0.15) is 0 Å². The number of anilines is 1. The van der Waals surface area contributed by atoms with Gasteiger partial charge in [-0.3, -0.25) is 0 Å². The predicted molar refractivity (Wildman–Crippen MR) is 61.3 cm³/mol. The third-order valence-electron chi connectivity index (χ3n) is 1.65. The zero-order valence-electron chi connectivity index (χ0n) is 7.76. The molecule has 14 heavy (non-hydrogen) atoms. The first-order valence-electron chi connectivity index (χ1n) is 4.09. The summed E-state index contributed by atoms with van der Waals surface area (Å²) in [6, 6.07) is 7.60. The van der Waals surface area contributed by atoms with Crippen LogP contribution in [0, 0.1) is 0 Å². The minimum atomic E-state index is 0.512. The molecular formula is C10H11Cl2NO. The maximum Gasteiger partial charge on any atom is 0.120 e. The summed E-state index contributed by atoms with van der Waals surface area (Å²) >= 11 is 11.1. The van der Waals surface area contributed by atoms with Gasteiger partial charge in [0.05, 0.1) is 13.7 Å². The van der Waals surface area contributed by atoms with E-state index in [0.717, 1.165) is 11.4 Å². The molecule has 0 bridgehead atoms. The fourth-order valence-electron chi connectivity index (χ4n) is 0.958. The van der Waals surface area contributed by atoms with E-state index in [4.69, 9.17) is 27.9 Å². The van der Waals surface area contributed by atoms with Crippen LogP contribution < -0.4 is 10.1 Å². The normalized spacial score (nSPS) is 11.2. The monoisotopic (exact) mass is 231 g/mol. The molecule has 0 radical (unpaired) electrons. The minimum absolute atomic E-state index is 0.512. The molecule has 0 aliphatic heterocycles. The van der Waals surface area contributed by atoms with Gasteiger partial charge in [-0.2, -0.15) is 0 Å². The molecule has 0 spiro atoms. The summed E-state index contributed by atoms with van der Waals surface area (Å²) in [5.41, 5.74) is 2.29. The molecule has 0 amide bonds. The Morgan fingerprint density at radius 1 is 1.57 bits per heavy atom. The topological polar surface area (TPSA) is 21.3 Å². The molecule has 1 N–H and O–H groups in total. The Morgan fingerprint density at radius 3 is 3.00 bits per heavy atom. The van der Waals surface area contributed by atoms with E-state index in [1.165, 1.54) is 5.54 Å². The van der Waals surface area contributed by atoms with Crippen LogP contribution >= 0.6 is 23.2 Å². The second-order valence-corrected chi connectivity index (χ2v) is 3.35. The van der Waals surface area contributed by atoms with Gasteiger partial charge in [0.1, 0.15) is 5.75 Å². The maximum atomic E-state index is 5.72. The Bertz CT molecular complexity index is 326. The SMILES string of the molecule is COc1cccc(NC/C(Cl)=C/Cl)c1. The fraction of sp³-hybridized carbons (Fsp3) is 0.200. The second-order valence-electron chi connectivity index (χ2n) is 2.64. The first-order valence-corrected chi connectivity index (χ1v) is 4.90. The summed E-state index contributed by atoms with van der Waals surface area (Å²) in [5, 5.41) is 3.67. The quantitative estimate of drug-likeness (QED) is 0.858. The molecule has 0 unspecified atom stereocenters. The van der Waals surface area contributed by atoms with Crippen molar-refractivity contribution in [2.45, 2.75) is 0 Å². The molecule has 1 aromatic rings. The summed E-state index contributed by atoms with van der Waals surface area (Å²) in [7, 11) is 1.63. The highest BCUT2D eigenvalue weighted by atomic mass is 35.5. The van der Waals surface area contributed by atoms with Gasteiger partial charge in [0.25, 0.3) is 0 Å². The van der Waals surface area contributed by atoms with E-state index in [9.17, 15) is 0 Å². The van der Waals surface area contributed by atoms with Crippen molar-refractivity contribution in [2.24, 2.45) is 0 Å². The summed E-state index contributed by atoms with van der Waals surface area (Å²) in [6.07, 6.45) is 0. The molecule has 0 aliphatic rings. The van der Waals surface area contributed by atoms with Crippen molar-refractivity contribution >= 4 is 28.9 Å². The van der Waals surface area contributed by atoms with Crippen LogP contribution in [0.2, 0.25) is 0 Å². The molecule has 1 aromatic carbocycles. The highest BCUT2D eigenvalue weighted by Gasteiger charge is 1.95. The summed E-state index contributed by atoms with van der Waals surface area (Å²) in [6.45, 7) is 0.512. The van der Waals surface area contributed by atoms with E-state index in [0.29, 0.717) is 11.6 Å². The van der Waals surface area contributed by atoms with E-state index in [1.54, 1.807) is 7.11 Å². The molecule has 0 atom stereocenters. The lowest BCUT2D eigenvalue weighted by molar-refractivity contribution is 0.415. The van der Waals surface area contributed by atoms with Crippen molar-refractivity contribution in [3.63, 3.8) is 0 Å². The minimum Gasteiger partial charge on any atom is -0.497 e. The number of rotatable bonds is 4. The average Bonchev–Trinajstić information content (AvgIpc) is 2.26. The van der Waals surface area contributed by atoms with E-state index >= 15 is 0 Å². The van der Waals surface area contributed by atoms with Crippen molar-refractivity contribution in [2.75, 3.05) is 19.0 Å². The van der Waals surface area contributed by atoms with Crippen molar-refractivity contribution in [3.05, 3.63) is 34.8 Å². The van der Waals surface area contributed by atoms with Crippen molar-refractivity contribution in [1.29, 1.82) is 0 Å². The predicted octanol–water partition coefficient (Wildman–Crippen LogP) is 3.43. The Morgan fingerprint density at radius 2 is 2.36 bits per heavy atom. The number of methoxy groups -OCH3 is 1. The molecule has 1 rings (SSSR count). The molecule has 0 aliphatic carbocycles. The van der Waals surface area contributed by atoms with E-state index in [2.05, 4.69) is 5.32 Å². The molecular weight excluding hydrogens is 221 g/mol. The van der Waals surface area contributed by atoms with Crippen molar-refractivity contribution in [1.82, 2.24) is 0 Å². The number of benzene rings is 1. The maximum absolute atomic E-state index is 5.72.